The lowest BCUT2D eigenvalue weighted by Crippen LogP contribution is -2.34. The first-order valence-electron chi connectivity index (χ1n) is 11.4. The third-order valence-corrected chi connectivity index (χ3v) is 5.27. The molecule has 3 aromatic rings. The minimum atomic E-state index is -0.386. The predicted molar refractivity (Wildman–Crippen MR) is 142 cm³/mol. The van der Waals surface area contributed by atoms with Gasteiger partial charge < -0.3 is 19.7 Å². The Hall–Kier alpha value is -3.75. The Morgan fingerprint density at radius 3 is 2.26 bits per heavy atom. The Morgan fingerprint density at radius 2 is 1.57 bits per heavy atom. The normalized spacial score (nSPS) is 10.3. The molecule has 0 radical (unpaired) electrons. The van der Waals surface area contributed by atoms with Crippen LogP contribution in [0.25, 0.3) is 0 Å². The summed E-state index contributed by atoms with van der Waals surface area (Å²) in [5, 5.41) is 5.78. The molecule has 0 atom stereocenters. The largest absolute Gasteiger partial charge is 0.490 e. The minimum absolute atomic E-state index is 0.0953. The van der Waals surface area contributed by atoms with Crippen LogP contribution in [0.3, 0.4) is 0 Å². The number of carbonyl (C=O) groups excluding carboxylic acids is 2. The van der Waals surface area contributed by atoms with Crippen molar-refractivity contribution in [1.29, 1.82) is 0 Å². The van der Waals surface area contributed by atoms with Gasteiger partial charge in [0.15, 0.2) is 5.11 Å². The highest BCUT2D eigenvalue weighted by molar-refractivity contribution is 7.80. The highest BCUT2D eigenvalue weighted by Gasteiger charge is 2.16. The van der Waals surface area contributed by atoms with Crippen molar-refractivity contribution in [2.75, 3.05) is 36.6 Å². The molecular weight excluding hydrogens is 462 g/mol. The van der Waals surface area contributed by atoms with E-state index in [1.165, 1.54) is 0 Å². The number of hydrogen-bond donors (Lipinski definition) is 2. The molecule has 35 heavy (non-hydrogen) atoms. The van der Waals surface area contributed by atoms with E-state index in [9.17, 15) is 9.59 Å². The molecule has 182 valence electrons. The molecule has 8 heteroatoms. The zero-order valence-electron chi connectivity index (χ0n) is 19.8. The Bertz CT molecular complexity index is 1140. The molecule has 0 fully saturated rings. The Kier molecular flexibility index (Phi) is 9.77. The van der Waals surface area contributed by atoms with Crippen molar-refractivity contribution in [2.45, 2.75) is 13.8 Å². The summed E-state index contributed by atoms with van der Waals surface area (Å²) in [6, 6.07) is 23.4. The number of anilines is 2. The maximum atomic E-state index is 13.0. The van der Waals surface area contributed by atoms with Crippen LogP contribution in [0, 0.1) is 0 Å². The van der Waals surface area contributed by atoms with E-state index >= 15 is 0 Å². The summed E-state index contributed by atoms with van der Waals surface area (Å²) in [6.45, 7) is 5.77. The molecule has 7 nitrogen and oxygen atoms in total. The molecule has 0 saturated heterocycles. The van der Waals surface area contributed by atoms with Crippen LogP contribution in [0.4, 0.5) is 11.4 Å². The second-order valence-corrected chi connectivity index (χ2v) is 7.82. The van der Waals surface area contributed by atoms with Crippen molar-refractivity contribution in [3.63, 3.8) is 0 Å². The molecule has 0 bridgehead atoms. The molecule has 0 spiro atoms. The second kappa shape index (κ2) is 13.2. The molecule has 2 amide bonds. The van der Waals surface area contributed by atoms with E-state index in [4.69, 9.17) is 21.7 Å². The van der Waals surface area contributed by atoms with E-state index in [0.717, 1.165) is 5.69 Å². The zero-order chi connectivity index (χ0) is 25.0. The average molecular weight is 492 g/mol. The lowest BCUT2D eigenvalue weighted by Gasteiger charge is -2.21. The van der Waals surface area contributed by atoms with Gasteiger partial charge in [-0.2, -0.15) is 0 Å². The summed E-state index contributed by atoms with van der Waals surface area (Å²) in [4.78, 5) is 27.4. The third-order valence-electron chi connectivity index (χ3n) is 5.07. The number of nitrogens with zero attached hydrogens (tertiary/aromatic N) is 1. The number of ether oxygens (including phenoxy) is 2. The average Bonchev–Trinajstić information content (AvgIpc) is 2.88. The Morgan fingerprint density at radius 1 is 0.886 bits per heavy atom. The number of benzene rings is 3. The van der Waals surface area contributed by atoms with Crippen molar-refractivity contribution in [3.8, 4) is 5.75 Å². The Labute approximate surface area is 211 Å². The topological polar surface area (TPSA) is 79.9 Å². The van der Waals surface area contributed by atoms with Gasteiger partial charge in [0.25, 0.3) is 11.8 Å². The van der Waals surface area contributed by atoms with Crippen molar-refractivity contribution in [3.05, 3.63) is 90.0 Å². The molecule has 0 aliphatic heterocycles. The first-order valence-corrected chi connectivity index (χ1v) is 11.8. The van der Waals surface area contributed by atoms with E-state index in [-0.39, 0.29) is 16.9 Å². The van der Waals surface area contributed by atoms with Gasteiger partial charge in [-0.1, -0.05) is 30.3 Å². The van der Waals surface area contributed by atoms with Crippen molar-refractivity contribution < 1.29 is 19.1 Å². The van der Waals surface area contributed by atoms with Crippen molar-refractivity contribution in [2.24, 2.45) is 0 Å². The highest BCUT2D eigenvalue weighted by Crippen LogP contribution is 2.19. The van der Waals surface area contributed by atoms with Gasteiger partial charge in [0.2, 0.25) is 0 Å². The number of amides is 2. The molecule has 3 aromatic carbocycles. The molecule has 3 rings (SSSR count). The summed E-state index contributed by atoms with van der Waals surface area (Å²) in [6.07, 6.45) is 0. The van der Waals surface area contributed by atoms with Crippen LogP contribution < -0.4 is 20.3 Å². The van der Waals surface area contributed by atoms with Crippen molar-refractivity contribution >= 4 is 40.5 Å². The van der Waals surface area contributed by atoms with E-state index in [1.54, 1.807) is 53.4 Å². The van der Waals surface area contributed by atoms with Crippen LogP contribution in [0.5, 0.6) is 5.75 Å². The quantitative estimate of drug-likeness (QED) is 0.310. The number of thiocarbonyl (C=S) groups is 1. The SMILES string of the molecule is CCOCCOc1ccccc1C(=O)NC(=S)Nc1ccc(C(=O)N(CC)c2ccccc2)cc1. The van der Waals surface area contributed by atoms with E-state index < -0.39 is 0 Å². The lowest BCUT2D eigenvalue weighted by molar-refractivity contribution is 0.0957. The van der Waals surface area contributed by atoms with Crippen LogP contribution in [0.15, 0.2) is 78.9 Å². The molecule has 0 saturated carbocycles. The van der Waals surface area contributed by atoms with Gasteiger partial charge in [-0.25, -0.2) is 0 Å². The van der Waals surface area contributed by atoms with E-state index in [2.05, 4.69) is 10.6 Å². The molecule has 0 aliphatic carbocycles. The van der Waals surface area contributed by atoms with E-state index in [0.29, 0.717) is 48.9 Å². The number of para-hydroxylation sites is 2. The summed E-state index contributed by atoms with van der Waals surface area (Å²) in [7, 11) is 0. The van der Waals surface area contributed by atoms with Crippen LogP contribution in [-0.4, -0.2) is 43.3 Å². The number of nitrogens with one attached hydrogen (secondary N) is 2. The summed E-state index contributed by atoms with van der Waals surface area (Å²) in [5.41, 5.74) is 2.41. The van der Waals surface area contributed by atoms with Crippen LogP contribution >= 0.6 is 12.2 Å². The molecule has 0 aliphatic rings. The maximum Gasteiger partial charge on any atom is 0.261 e. The van der Waals surface area contributed by atoms with Gasteiger partial charge in [-0.15, -0.1) is 0 Å². The first kappa shape index (κ1) is 25.9. The van der Waals surface area contributed by atoms with Gasteiger partial charge in [0.1, 0.15) is 12.4 Å². The summed E-state index contributed by atoms with van der Waals surface area (Å²) in [5.74, 6) is -0.0286. The van der Waals surface area contributed by atoms with Gasteiger partial charge in [-0.3, -0.25) is 14.9 Å². The van der Waals surface area contributed by atoms with Gasteiger partial charge in [0, 0.05) is 30.1 Å². The fourth-order valence-electron chi connectivity index (χ4n) is 3.37. The predicted octanol–water partition coefficient (Wildman–Crippen LogP) is 4.90. The minimum Gasteiger partial charge on any atom is -0.490 e. The number of hydrogen-bond acceptors (Lipinski definition) is 5. The van der Waals surface area contributed by atoms with Gasteiger partial charge in [0.05, 0.1) is 12.2 Å². The second-order valence-electron chi connectivity index (χ2n) is 7.41. The molecule has 2 N–H and O–H groups in total. The smallest absolute Gasteiger partial charge is 0.261 e. The van der Waals surface area contributed by atoms with Crippen LogP contribution in [0.1, 0.15) is 34.6 Å². The monoisotopic (exact) mass is 491 g/mol. The van der Waals surface area contributed by atoms with Crippen molar-refractivity contribution in [1.82, 2.24) is 5.32 Å². The number of rotatable bonds is 10. The van der Waals surface area contributed by atoms with E-state index in [1.807, 2.05) is 44.2 Å². The van der Waals surface area contributed by atoms with Crippen LogP contribution in [0.2, 0.25) is 0 Å². The maximum absolute atomic E-state index is 13.0. The molecule has 0 aromatic heterocycles. The lowest BCUT2D eigenvalue weighted by atomic mass is 10.1. The van der Waals surface area contributed by atoms with Gasteiger partial charge in [-0.05, 0) is 74.6 Å². The van der Waals surface area contributed by atoms with Gasteiger partial charge >= 0.3 is 0 Å². The Balaban J connectivity index is 1.59. The fourth-order valence-corrected chi connectivity index (χ4v) is 3.58. The first-order chi connectivity index (χ1) is 17.0. The standard InChI is InChI=1S/C27H29N3O4S/c1-3-30(22-10-6-5-7-11-22)26(32)20-14-16-21(17-15-20)28-27(35)29-25(31)23-12-8-9-13-24(23)34-19-18-33-4-2/h5-17H,3-4,18-19H2,1-2H3,(H2,28,29,31,35). The number of carbonyl (C=O) groups is 2. The molecule has 0 unspecified atom stereocenters. The highest BCUT2D eigenvalue weighted by atomic mass is 32.1. The summed E-state index contributed by atoms with van der Waals surface area (Å²) >= 11 is 5.31. The molecular formula is C27H29N3O4S. The van der Waals surface area contributed by atoms with Crippen LogP contribution in [-0.2, 0) is 4.74 Å². The third kappa shape index (κ3) is 7.37. The zero-order valence-corrected chi connectivity index (χ0v) is 20.6. The molecule has 0 heterocycles. The summed E-state index contributed by atoms with van der Waals surface area (Å²) < 4.78 is 10.9. The fraction of sp³-hybridized carbons (Fsp3) is 0.222.